The van der Waals surface area contributed by atoms with Crippen LogP contribution in [0.2, 0.25) is 0 Å². The van der Waals surface area contributed by atoms with E-state index in [4.69, 9.17) is 0 Å². The van der Waals surface area contributed by atoms with E-state index in [1.54, 1.807) is 0 Å². The summed E-state index contributed by atoms with van der Waals surface area (Å²) in [6.45, 7) is 1.97. The van der Waals surface area contributed by atoms with Crippen LogP contribution in [0.5, 0.6) is 0 Å². The average Bonchev–Trinajstić information content (AvgIpc) is 2.75. The second-order valence-electron chi connectivity index (χ2n) is 3.36. The average molecular weight is 177 g/mol. The Morgan fingerprint density at radius 3 is 2.92 bits per heavy atom. The molecule has 70 valence electrons. The third-order valence-corrected chi connectivity index (χ3v) is 2.34. The first-order valence-electron chi connectivity index (χ1n) is 4.81. The van der Waals surface area contributed by atoms with Crippen LogP contribution in [0.25, 0.3) is 0 Å². The van der Waals surface area contributed by atoms with Crippen LogP contribution in [0, 0.1) is 0 Å². The molecule has 0 radical (unpaired) electrons. The van der Waals surface area contributed by atoms with Crippen molar-refractivity contribution in [1.29, 1.82) is 0 Å². The van der Waals surface area contributed by atoms with Gasteiger partial charge in [-0.1, -0.05) is 12.2 Å². The molecule has 3 heteroatoms. The van der Waals surface area contributed by atoms with Crippen molar-refractivity contribution >= 4 is 0 Å². The predicted octanol–water partition coefficient (Wildman–Crippen LogP) is 1.19. The van der Waals surface area contributed by atoms with Gasteiger partial charge in [0.15, 0.2) is 0 Å². The highest BCUT2D eigenvalue weighted by Crippen LogP contribution is 2.08. The lowest BCUT2D eigenvalue weighted by atomic mass is 10.2. The van der Waals surface area contributed by atoms with E-state index < -0.39 is 0 Å². The summed E-state index contributed by atoms with van der Waals surface area (Å²) < 4.78 is 1.95. The minimum absolute atomic E-state index is 0.663. The van der Waals surface area contributed by atoms with Crippen molar-refractivity contribution in [3.8, 4) is 0 Å². The minimum atomic E-state index is 0.663. The molecule has 0 saturated heterocycles. The van der Waals surface area contributed by atoms with Crippen LogP contribution in [0.3, 0.4) is 0 Å². The molecule has 0 bridgehead atoms. The zero-order chi connectivity index (χ0) is 8.93. The second-order valence-corrected chi connectivity index (χ2v) is 3.36. The van der Waals surface area contributed by atoms with E-state index >= 15 is 0 Å². The molecule has 0 spiro atoms. The van der Waals surface area contributed by atoms with Gasteiger partial charge in [-0.05, 0) is 18.9 Å². The zero-order valence-electron chi connectivity index (χ0n) is 7.69. The lowest BCUT2D eigenvalue weighted by molar-refractivity contribution is 0.489. The Morgan fingerprint density at radius 1 is 1.38 bits per heavy atom. The van der Waals surface area contributed by atoms with Gasteiger partial charge in [0.1, 0.15) is 0 Å². The molecule has 1 N–H and O–H groups in total. The molecule has 1 aliphatic carbocycles. The van der Waals surface area contributed by atoms with Gasteiger partial charge in [-0.25, -0.2) is 0 Å². The maximum absolute atomic E-state index is 4.14. The van der Waals surface area contributed by atoms with Gasteiger partial charge in [0.25, 0.3) is 0 Å². The Kier molecular flexibility index (Phi) is 2.77. The van der Waals surface area contributed by atoms with Crippen molar-refractivity contribution in [2.24, 2.45) is 0 Å². The molecule has 1 aromatic rings. The number of aromatic nitrogens is 2. The summed E-state index contributed by atoms with van der Waals surface area (Å²) in [5.74, 6) is 0. The van der Waals surface area contributed by atoms with Gasteiger partial charge < -0.3 is 5.32 Å². The SMILES string of the molecule is C1=CCC(NCCn2cccn2)C1. The van der Waals surface area contributed by atoms with Crippen molar-refractivity contribution < 1.29 is 0 Å². The molecule has 0 atom stereocenters. The standard InChI is InChI=1S/C10H15N3/c1-2-5-10(4-1)11-7-9-13-8-3-6-12-13/h1-3,6,8,10-11H,4-5,7,9H2. The van der Waals surface area contributed by atoms with Crippen LogP contribution in [0.1, 0.15) is 12.8 Å². The highest BCUT2D eigenvalue weighted by atomic mass is 15.3. The molecule has 0 amide bonds. The summed E-state index contributed by atoms with van der Waals surface area (Å²) in [6.07, 6.45) is 10.7. The van der Waals surface area contributed by atoms with Gasteiger partial charge in [0.05, 0.1) is 6.54 Å². The molecule has 1 aromatic heterocycles. The summed E-state index contributed by atoms with van der Waals surface area (Å²) >= 11 is 0. The van der Waals surface area contributed by atoms with Gasteiger partial charge in [-0.2, -0.15) is 5.10 Å². The van der Waals surface area contributed by atoms with Gasteiger partial charge in [-0.3, -0.25) is 4.68 Å². The molecular formula is C10H15N3. The van der Waals surface area contributed by atoms with Gasteiger partial charge in [-0.15, -0.1) is 0 Å². The number of nitrogens with one attached hydrogen (secondary N) is 1. The molecule has 2 rings (SSSR count). The molecule has 0 aliphatic heterocycles. The van der Waals surface area contributed by atoms with E-state index in [2.05, 4.69) is 22.6 Å². The number of nitrogens with zero attached hydrogens (tertiary/aromatic N) is 2. The van der Waals surface area contributed by atoms with E-state index in [9.17, 15) is 0 Å². The van der Waals surface area contributed by atoms with Crippen molar-refractivity contribution in [3.63, 3.8) is 0 Å². The molecule has 3 nitrogen and oxygen atoms in total. The fourth-order valence-corrected chi connectivity index (χ4v) is 1.60. The van der Waals surface area contributed by atoms with Crippen molar-refractivity contribution in [2.75, 3.05) is 6.54 Å². The third kappa shape index (κ3) is 2.42. The quantitative estimate of drug-likeness (QED) is 0.700. The molecule has 0 unspecified atom stereocenters. The molecule has 1 aliphatic rings. The predicted molar refractivity (Wildman–Crippen MR) is 52.4 cm³/mol. The van der Waals surface area contributed by atoms with Crippen molar-refractivity contribution in [3.05, 3.63) is 30.6 Å². The Hall–Kier alpha value is -1.09. The topological polar surface area (TPSA) is 29.9 Å². The third-order valence-electron chi connectivity index (χ3n) is 2.34. The normalized spacial score (nSPS) is 16.9. The number of rotatable bonds is 4. The van der Waals surface area contributed by atoms with E-state index in [0.717, 1.165) is 13.1 Å². The first kappa shape index (κ1) is 8.51. The Balaban J connectivity index is 1.64. The summed E-state index contributed by atoms with van der Waals surface area (Å²) in [4.78, 5) is 0. The summed E-state index contributed by atoms with van der Waals surface area (Å²) in [5.41, 5.74) is 0. The molecular weight excluding hydrogens is 162 g/mol. The highest BCUT2D eigenvalue weighted by molar-refractivity contribution is 4.97. The monoisotopic (exact) mass is 177 g/mol. The Morgan fingerprint density at radius 2 is 2.23 bits per heavy atom. The second kappa shape index (κ2) is 4.23. The smallest absolute Gasteiger partial charge is 0.0534 e. The molecule has 13 heavy (non-hydrogen) atoms. The molecule has 0 fully saturated rings. The van der Waals surface area contributed by atoms with Crippen LogP contribution in [0.15, 0.2) is 30.6 Å². The van der Waals surface area contributed by atoms with Crippen LogP contribution in [-0.4, -0.2) is 22.4 Å². The largest absolute Gasteiger partial charge is 0.312 e. The fourth-order valence-electron chi connectivity index (χ4n) is 1.60. The number of hydrogen-bond acceptors (Lipinski definition) is 2. The Labute approximate surface area is 78.4 Å². The fraction of sp³-hybridized carbons (Fsp3) is 0.500. The molecule has 1 heterocycles. The lowest BCUT2D eigenvalue weighted by Gasteiger charge is -2.11. The van der Waals surface area contributed by atoms with Crippen LogP contribution < -0.4 is 5.32 Å². The van der Waals surface area contributed by atoms with E-state index in [0.29, 0.717) is 6.04 Å². The van der Waals surface area contributed by atoms with E-state index in [1.807, 2.05) is 23.1 Å². The maximum atomic E-state index is 4.14. The van der Waals surface area contributed by atoms with E-state index in [1.165, 1.54) is 12.8 Å². The van der Waals surface area contributed by atoms with Crippen molar-refractivity contribution in [1.82, 2.24) is 15.1 Å². The van der Waals surface area contributed by atoms with Crippen molar-refractivity contribution in [2.45, 2.75) is 25.4 Å². The van der Waals surface area contributed by atoms with E-state index in [-0.39, 0.29) is 0 Å². The first-order chi connectivity index (χ1) is 6.45. The number of hydrogen-bond donors (Lipinski definition) is 1. The van der Waals surface area contributed by atoms with Crippen LogP contribution in [0.4, 0.5) is 0 Å². The van der Waals surface area contributed by atoms with Gasteiger partial charge in [0.2, 0.25) is 0 Å². The molecule has 0 aromatic carbocycles. The summed E-state index contributed by atoms with van der Waals surface area (Å²) in [6, 6.07) is 2.62. The van der Waals surface area contributed by atoms with Gasteiger partial charge in [0, 0.05) is 25.0 Å². The van der Waals surface area contributed by atoms with Gasteiger partial charge >= 0.3 is 0 Å². The lowest BCUT2D eigenvalue weighted by Crippen LogP contribution is -2.29. The zero-order valence-corrected chi connectivity index (χ0v) is 7.69. The minimum Gasteiger partial charge on any atom is -0.312 e. The summed E-state index contributed by atoms with van der Waals surface area (Å²) in [5, 5.41) is 7.64. The van der Waals surface area contributed by atoms with Crippen LogP contribution >= 0.6 is 0 Å². The summed E-state index contributed by atoms with van der Waals surface area (Å²) in [7, 11) is 0. The maximum Gasteiger partial charge on any atom is 0.0534 e. The highest BCUT2D eigenvalue weighted by Gasteiger charge is 2.07. The first-order valence-corrected chi connectivity index (χ1v) is 4.81. The Bertz CT molecular complexity index is 256. The molecule has 0 saturated carbocycles. The van der Waals surface area contributed by atoms with Crippen LogP contribution in [-0.2, 0) is 6.54 Å².